The first-order valence-electron chi connectivity index (χ1n) is 6.32. The third kappa shape index (κ3) is 3.05. The molecule has 0 aromatic heterocycles. The lowest BCUT2D eigenvalue weighted by atomic mass is 9.94. The lowest BCUT2D eigenvalue weighted by Crippen LogP contribution is -2.46. The molecule has 108 valence electrons. The maximum atomic E-state index is 13.1. The molecule has 1 aliphatic heterocycles. The van der Waals surface area contributed by atoms with Gasteiger partial charge in [-0.25, -0.2) is 0 Å². The third-order valence-electron chi connectivity index (χ3n) is 3.45. The van der Waals surface area contributed by atoms with Crippen molar-refractivity contribution < 1.29 is 18.3 Å². The quantitative estimate of drug-likeness (QED) is 0.862. The summed E-state index contributed by atoms with van der Waals surface area (Å²) in [5.41, 5.74) is -1.63. The molecule has 1 fully saturated rings. The van der Waals surface area contributed by atoms with Gasteiger partial charge in [-0.1, -0.05) is 0 Å². The van der Waals surface area contributed by atoms with Gasteiger partial charge in [-0.2, -0.15) is 18.4 Å². The van der Waals surface area contributed by atoms with Crippen LogP contribution in [0, 0.1) is 11.3 Å². The van der Waals surface area contributed by atoms with E-state index in [0.29, 0.717) is 19.4 Å². The van der Waals surface area contributed by atoms with E-state index in [1.54, 1.807) is 6.92 Å². The fraction of sp³-hybridized carbons (Fsp3) is 0.500. The zero-order valence-corrected chi connectivity index (χ0v) is 11.0. The molecule has 0 amide bonds. The summed E-state index contributed by atoms with van der Waals surface area (Å²) in [5.74, 6) is 0. The number of nitriles is 1. The van der Waals surface area contributed by atoms with Crippen molar-refractivity contribution >= 4 is 5.69 Å². The Bertz CT molecular complexity index is 546. The maximum absolute atomic E-state index is 13.1. The molecule has 1 N–H and O–H groups in total. The van der Waals surface area contributed by atoms with Crippen molar-refractivity contribution in [1.29, 1.82) is 5.26 Å². The van der Waals surface area contributed by atoms with Crippen LogP contribution in [0.25, 0.3) is 0 Å². The normalized spacial score (nSPS) is 23.5. The summed E-state index contributed by atoms with van der Waals surface area (Å²) < 4.78 is 39.2. The molecule has 0 spiro atoms. The molecule has 1 heterocycles. The molecule has 1 aromatic carbocycles. The Hall–Kier alpha value is -1.74. The SMILES string of the molecule is C[C@]1(O)CCCN(c2cc(C#N)ccc2C(F)(F)F)C1. The van der Waals surface area contributed by atoms with E-state index >= 15 is 0 Å². The Labute approximate surface area is 115 Å². The molecule has 0 saturated carbocycles. The Balaban J connectivity index is 2.45. The number of nitrogens with zero attached hydrogens (tertiary/aromatic N) is 2. The lowest BCUT2D eigenvalue weighted by molar-refractivity contribution is -0.137. The van der Waals surface area contributed by atoms with Gasteiger partial charge in [-0.3, -0.25) is 0 Å². The van der Waals surface area contributed by atoms with Crippen LogP contribution >= 0.6 is 0 Å². The van der Waals surface area contributed by atoms with Gasteiger partial charge in [0, 0.05) is 13.1 Å². The number of aliphatic hydroxyl groups is 1. The second-order valence-electron chi connectivity index (χ2n) is 5.36. The van der Waals surface area contributed by atoms with Crippen LogP contribution in [0.15, 0.2) is 18.2 Å². The highest BCUT2D eigenvalue weighted by Gasteiger charge is 2.37. The minimum Gasteiger partial charge on any atom is -0.388 e. The van der Waals surface area contributed by atoms with Crippen LogP contribution in [0.1, 0.15) is 30.9 Å². The summed E-state index contributed by atoms with van der Waals surface area (Å²) in [6, 6.07) is 5.18. The van der Waals surface area contributed by atoms with Crippen LogP contribution in [-0.2, 0) is 6.18 Å². The molecule has 2 rings (SSSR count). The van der Waals surface area contributed by atoms with Crippen molar-refractivity contribution in [2.45, 2.75) is 31.5 Å². The first-order chi connectivity index (χ1) is 9.23. The molecule has 0 bridgehead atoms. The first-order valence-corrected chi connectivity index (χ1v) is 6.32. The number of alkyl halides is 3. The van der Waals surface area contributed by atoms with Crippen LogP contribution < -0.4 is 4.90 Å². The highest BCUT2D eigenvalue weighted by Crippen LogP contribution is 2.38. The van der Waals surface area contributed by atoms with E-state index in [1.165, 1.54) is 11.0 Å². The number of halogens is 3. The number of benzene rings is 1. The van der Waals surface area contributed by atoms with E-state index in [4.69, 9.17) is 5.26 Å². The number of piperidine rings is 1. The van der Waals surface area contributed by atoms with E-state index in [2.05, 4.69) is 0 Å². The number of anilines is 1. The second-order valence-corrected chi connectivity index (χ2v) is 5.36. The molecule has 6 heteroatoms. The zero-order valence-electron chi connectivity index (χ0n) is 11.0. The van der Waals surface area contributed by atoms with Crippen molar-refractivity contribution in [3.63, 3.8) is 0 Å². The molecule has 0 unspecified atom stereocenters. The molecule has 1 aliphatic rings. The standard InChI is InChI=1S/C14H15F3N2O/c1-13(20)5-2-6-19(9-13)12-7-10(8-18)3-4-11(12)14(15,16)17/h3-4,7,20H,2,5-6,9H2,1H3/t13-/m0/s1. The smallest absolute Gasteiger partial charge is 0.388 e. The highest BCUT2D eigenvalue weighted by atomic mass is 19.4. The molecular weight excluding hydrogens is 269 g/mol. The lowest BCUT2D eigenvalue weighted by Gasteiger charge is -2.39. The van der Waals surface area contributed by atoms with Crippen molar-refractivity contribution in [3.8, 4) is 6.07 Å². The average Bonchev–Trinajstić information content (AvgIpc) is 2.35. The third-order valence-corrected chi connectivity index (χ3v) is 3.45. The van der Waals surface area contributed by atoms with E-state index in [0.717, 1.165) is 12.1 Å². The van der Waals surface area contributed by atoms with Gasteiger partial charge in [-0.15, -0.1) is 0 Å². The first kappa shape index (κ1) is 14.7. The van der Waals surface area contributed by atoms with Gasteiger partial charge in [0.2, 0.25) is 0 Å². The summed E-state index contributed by atoms with van der Waals surface area (Å²) in [6.45, 7) is 2.18. The Kier molecular flexibility index (Phi) is 3.65. The average molecular weight is 284 g/mol. The van der Waals surface area contributed by atoms with Gasteiger partial charge >= 0.3 is 6.18 Å². The van der Waals surface area contributed by atoms with Gasteiger partial charge in [0.15, 0.2) is 0 Å². The predicted octanol–water partition coefficient (Wildman–Crippen LogP) is 2.93. The van der Waals surface area contributed by atoms with E-state index in [1.807, 2.05) is 6.07 Å². The van der Waals surface area contributed by atoms with Crippen LogP contribution in [0.5, 0.6) is 0 Å². The van der Waals surface area contributed by atoms with Gasteiger partial charge in [0.1, 0.15) is 0 Å². The molecule has 0 radical (unpaired) electrons. The topological polar surface area (TPSA) is 47.3 Å². The molecular formula is C14H15F3N2O. The Morgan fingerprint density at radius 1 is 1.40 bits per heavy atom. The van der Waals surface area contributed by atoms with Crippen LogP contribution in [0.3, 0.4) is 0 Å². The molecule has 1 atom stereocenters. The zero-order chi connectivity index (χ0) is 15.0. The minimum absolute atomic E-state index is 0.0310. The fourth-order valence-electron chi connectivity index (χ4n) is 2.53. The summed E-state index contributed by atoms with van der Waals surface area (Å²) in [4.78, 5) is 1.51. The Morgan fingerprint density at radius 3 is 2.65 bits per heavy atom. The van der Waals surface area contributed by atoms with E-state index < -0.39 is 17.3 Å². The summed E-state index contributed by atoms with van der Waals surface area (Å²) in [7, 11) is 0. The van der Waals surface area contributed by atoms with Gasteiger partial charge in [0.25, 0.3) is 0 Å². The second kappa shape index (κ2) is 4.98. The molecule has 3 nitrogen and oxygen atoms in total. The minimum atomic E-state index is -4.48. The van der Waals surface area contributed by atoms with E-state index in [9.17, 15) is 18.3 Å². The monoisotopic (exact) mass is 284 g/mol. The molecule has 20 heavy (non-hydrogen) atoms. The predicted molar refractivity (Wildman–Crippen MR) is 68.2 cm³/mol. The summed E-state index contributed by atoms with van der Waals surface area (Å²) in [6.07, 6.45) is -3.31. The Morgan fingerprint density at radius 2 is 2.10 bits per heavy atom. The van der Waals surface area contributed by atoms with Crippen molar-refractivity contribution in [3.05, 3.63) is 29.3 Å². The van der Waals surface area contributed by atoms with Gasteiger partial charge in [0.05, 0.1) is 28.5 Å². The van der Waals surface area contributed by atoms with Crippen molar-refractivity contribution in [2.75, 3.05) is 18.0 Å². The van der Waals surface area contributed by atoms with Crippen LogP contribution in [0.2, 0.25) is 0 Å². The van der Waals surface area contributed by atoms with Crippen LogP contribution in [-0.4, -0.2) is 23.8 Å². The van der Waals surface area contributed by atoms with Gasteiger partial charge < -0.3 is 10.0 Å². The molecule has 1 aromatic rings. The van der Waals surface area contributed by atoms with Crippen molar-refractivity contribution in [1.82, 2.24) is 0 Å². The number of β-amino-alcohol motifs (C(OH)–C–C–N with tert-alkyl or cyclic N) is 1. The fourth-order valence-corrected chi connectivity index (χ4v) is 2.53. The van der Waals surface area contributed by atoms with Crippen molar-refractivity contribution in [2.24, 2.45) is 0 Å². The summed E-state index contributed by atoms with van der Waals surface area (Å²) >= 11 is 0. The summed E-state index contributed by atoms with van der Waals surface area (Å²) in [5, 5.41) is 18.9. The number of rotatable bonds is 1. The van der Waals surface area contributed by atoms with Crippen LogP contribution in [0.4, 0.5) is 18.9 Å². The largest absolute Gasteiger partial charge is 0.418 e. The number of hydrogen-bond donors (Lipinski definition) is 1. The molecule has 1 saturated heterocycles. The van der Waals surface area contributed by atoms with Gasteiger partial charge in [-0.05, 0) is 38.0 Å². The number of hydrogen-bond acceptors (Lipinski definition) is 3. The highest BCUT2D eigenvalue weighted by molar-refractivity contribution is 5.59. The van der Waals surface area contributed by atoms with E-state index in [-0.39, 0.29) is 17.8 Å². The molecule has 0 aliphatic carbocycles. The maximum Gasteiger partial charge on any atom is 0.418 e.